The Morgan fingerprint density at radius 3 is 2.81 bits per heavy atom. The van der Waals surface area contributed by atoms with Crippen molar-refractivity contribution in [3.05, 3.63) is 58.7 Å². The fraction of sp³-hybridized carbons (Fsp3) is 0.300. The highest BCUT2D eigenvalue weighted by molar-refractivity contribution is 5.85. The van der Waals surface area contributed by atoms with Crippen molar-refractivity contribution in [3.63, 3.8) is 0 Å². The molecule has 1 atom stereocenters. The number of aryl methyl sites for hydroxylation is 2. The second kappa shape index (κ2) is 7.47. The number of benzene rings is 2. The fourth-order valence-electron chi connectivity index (χ4n) is 2.88. The summed E-state index contributed by atoms with van der Waals surface area (Å²) in [5.41, 5.74) is 3.41. The van der Waals surface area contributed by atoms with Gasteiger partial charge in [0, 0.05) is 6.42 Å². The van der Waals surface area contributed by atoms with E-state index in [-0.39, 0.29) is 6.61 Å². The van der Waals surface area contributed by atoms with Crippen LogP contribution in [-0.2, 0) is 16.0 Å². The highest BCUT2D eigenvalue weighted by Crippen LogP contribution is 2.28. The van der Waals surface area contributed by atoms with Gasteiger partial charge < -0.3 is 19.9 Å². The number of nitrogens with one attached hydrogen (secondary N) is 1. The molecule has 0 saturated heterocycles. The Morgan fingerprint density at radius 2 is 2.04 bits per heavy atom. The van der Waals surface area contributed by atoms with Gasteiger partial charge in [0.15, 0.2) is 12.6 Å². The van der Waals surface area contributed by atoms with Gasteiger partial charge in [0.25, 0.3) is 5.91 Å². The lowest BCUT2D eigenvalue weighted by atomic mass is 10.0. The molecule has 1 aliphatic heterocycles. The van der Waals surface area contributed by atoms with Gasteiger partial charge in [0.1, 0.15) is 11.5 Å². The van der Waals surface area contributed by atoms with E-state index in [0.717, 1.165) is 28.9 Å². The molecule has 3 rings (SSSR count). The van der Waals surface area contributed by atoms with Gasteiger partial charge in [-0.2, -0.15) is 0 Å². The van der Waals surface area contributed by atoms with E-state index in [4.69, 9.17) is 9.47 Å². The lowest BCUT2D eigenvalue weighted by molar-refractivity contribution is -0.142. The first-order chi connectivity index (χ1) is 12.4. The van der Waals surface area contributed by atoms with Crippen LogP contribution in [0.4, 0.5) is 0 Å². The smallest absolute Gasteiger partial charge is 0.330 e. The maximum absolute atomic E-state index is 12.2. The quantitative estimate of drug-likeness (QED) is 0.832. The molecule has 6 heteroatoms. The van der Waals surface area contributed by atoms with Gasteiger partial charge in [0.2, 0.25) is 0 Å². The highest BCUT2D eigenvalue weighted by atomic mass is 16.5. The largest absolute Gasteiger partial charge is 0.493 e. The number of hydrogen-bond acceptors (Lipinski definition) is 4. The summed E-state index contributed by atoms with van der Waals surface area (Å²) in [6, 6.07) is 9.76. The van der Waals surface area contributed by atoms with Gasteiger partial charge in [0.05, 0.1) is 6.61 Å². The fourth-order valence-corrected chi connectivity index (χ4v) is 2.88. The molecule has 26 heavy (non-hydrogen) atoms. The van der Waals surface area contributed by atoms with Crippen molar-refractivity contribution in [2.45, 2.75) is 26.3 Å². The molecule has 1 heterocycles. The third kappa shape index (κ3) is 3.96. The van der Waals surface area contributed by atoms with Crippen LogP contribution in [-0.4, -0.2) is 30.2 Å². The molecule has 0 radical (unpaired) electrons. The summed E-state index contributed by atoms with van der Waals surface area (Å²) in [6.45, 7) is 4.17. The van der Waals surface area contributed by atoms with Gasteiger partial charge in [-0.3, -0.25) is 4.79 Å². The van der Waals surface area contributed by atoms with Crippen molar-refractivity contribution in [1.82, 2.24) is 5.32 Å². The highest BCUT2D eigenvalue weighted by Gasteiger charge is 2.24. The number of ether oxygens (including phenoxy) is 2. The SMILES string of the molecule is Cc1ccc(C)c(OCC(=O)NC(C(=O)O)c2ccc3c(c2)CCO3)c1. The van der Waals surface area contributed by atoms with E-state index in [1.807, 2.05) is 32.0 Å². The lowest BCUT2D eigenvalue weighted by Gasteiger charge is -2.16. The number of carbonyl (C=O) groups is 2. The van der Waals surface area contributed by atoms with Crippen LogP contribution in [0.15, 0.2) is 36.4 Å². The summed E-state index contributed by atoms with van der Waals surface area (Å²) in [5, 5.41) is 12.0. The molecule has 0 bridgehead atoms. The first kappa shape index (κ1) is 17.8. The average Bonchev–Trinajstić information content (AvgIpc) is 3.07. The number of aliphatic carboxylic acids is 1. The maximum atomic E-state index is 12.2. The topological polar surface area (TPSA) is 84.9 Å². The third-order valence-corrected chi connectivity index (χ3v) is 4.30. The summed E-state index contributed by atoms with van der Waals surface area (Å²) in [5.74, 6) is -0.233. The minimum absolute atomic E-state index is 0.248. The molecular weight excluding hydrogens is 334 g/mol. The summed E-state index contributed by atoms with van der Waals surface area (Å²) in [7, 11) is 0. The number of amides is 1. The molecule has 1 aliphatic rings. The van der Waals surface area contributed by atoms with E-state index in [1.54, 1.807) is 18.2 Å². The number of rotatable bonds is 6. The van der Waals surface area contributed by atoms with Crippen LogP contribution in [0, 0.1) is 13.8 Å². The van der Waals surface area contributed by atoms with Crippen LogP contribution >= 0.6 is 0 Å². The zero-order valence-corrected chi connectivity index (χ0v) is 14.7. The molecule has 1 unspecified atom stereocenters. The number of carboxylic acids is 1. The summed E-state index contributed by atoms with van der Waals surface area (Å²) in [4.78, 5) is 23.8. The molecule has 1 amide bonds. The molecule has 136 valence electrons. The maximum Gasteiger partial charge on any atom is 0.330 e. The Hall–Kier alpha value is -3.02. The third-order valence-electron chi connectivity index (χ3n) is 4.30. The minimum atomic E-state index is -1.13. The van der Waals surface area contributed by atoms with E-state index in [2.05, 4.69) is 5.32 Å². The first-order valence-electron chi connectivity index (χ1n) is 8.42. The first-order valence-corrected chi connectivity index (χ1v) is 8.42. The number of hydrogen-bond donors (Lipinski definition) is 2. The number of carbonyl (C=O) groups excluding carboxylic acids is 1. The minimum Gasteiger partial charge on any atom is -0.493 e. The van der Waals surface area contributed by atoms with Crippen molar-refractivity contribution < 1.29 is 24.2 Å². The van der Waals surface area contributed by atoms with Gasteiger partial charge in [-0.15, -0.1) is 0 Å². The Kier molecular flexibility index (Phi) is 5.11. The summed E-state index contributed by atoms with van der Waals surface area (Å²) < 4.78 is 11.0. The van der Waals surface area contributed by atoms with Crippen LogP contribution in [0.3, 0.4) is 0 Å². The van der Waals surface area contributed by atoms with Crippen molar-refractivity contribution in [3.8, 4) is 11.5 Å². The molecule has 0 aromatic heterocycles. The Balaban J connectivity index is 1.67. The van der Waals surface area contributed by atoms with E-state index in [0.29, 0.717) is 17.9 Å². The molecule has 2 aromatic rings. The molecule has 2 N–H and O–H groups in total. The molecule has 2 aromatic carbocycles. The van der Waals surface area contributed by atoms with Crippen molar-refractivity contribution in [2.24, 2.45) is 0 Å². The van der Waals surface area contributed by atoms with Crippen LogP contribution in [0.5, 0.6) is 11.5 Å². The Morgan fingerprint density at radius 1 is 1.23 bits per heavy atom. The van der Waals surface area contributed by atoms with Crippen molar-refractivity contribution in [2.75, 3.05) is 13.2 Å². The summed E-state index contributed by atoms with van der Waals surface area (Å²) in [6.07, 6.45) is 0.735. The molecule has 0 spiro atoms. The zero-order chi connectivity index (χ0) is 18.7. The second-order valence-corrected chi connectivity index (χ2v) is 6.36. The predicted octanol–water partition coefficient (Wildman–Crippen LogP) is 2.56. The predicted molar refractivity (Wildman–Crippen MR) is 95.6 cm³/mol. The number of fused-ring (bicyclic) bond motifs is 1. The van der Waals surface area contributed by atoms with Crippen LogP contribution in [0.2, 0.25) is 0 Å². The Bertz CT molecular complexity index is 846. The van der Waals surface area contributed by atoms with Gasteiger partial charge in [-0.1, -0.05) is 18.2 Å². The molecule has 0 fully saturated rings. The number of carboxylic acid groups (broad SMARTS) is 1. The lowest BCUT2D eigenvalue weighted by Crippen LogP contribution is -2.36. The standard InChI is InChI=1S/C20H21NO5/c1-12-3-4-13(2)17(9-12)26-11-18(22)21-19(20(23)24)15-5-6-16-14(10-15)7-8-25-16/h3-6,9-10,19H,7-8,11H2,1-2H3,(H,21,22)(H,23,24). The second-order valence-electron chi connectivity index (χ2n) is 6.36. The molecule has 0 saturated carbocycles. The van der Waals surface area contributed by atoms with E-state index in [1.165, 1.54) is 0 Å². The van der Waals surface area contributed by atoms with Gasteiger partial charge >= 0.3 is 5.97 Å². The van der Waals surface area contributed by atoms with Crippen LogP contribution < -0.4 is 14.8 Å². The zero-order valence-electron chi connectivity index (χ0n) is 14.7. The normalized spacial score (nSPS) is 13.5. The Labute approximate surface area is 151 Å². The van der Waals surface area contributed by atoms with E-state index < -0.39 is 17.9 Å². The average molecular weight is 355 g/mol. The molecule has 0 aliphatic carbocycles. The van der Waals surface area contributed by atoms with E-state index >= 15 is 0 Å². The van der Waals surface area contributed by atoms with Crippen LogP contribution in [0.1, 0.15) is 28.3 Å². The van der Waals surface area contributed by atoms with Crippen molar-refractivity contribution >= 4 is 11.9 Å². The monoisotopic (exact) mass is 355 g/mol. The van der Waals surface area contributed by atoms with E-state index in [9.17, 15) is 14.7 Å². The molecule has 6 nitrogen and oxygen atoms in total. The van der Waals surface area contributed by atoms with Crippen molar-refractivity contribution in [1.29, 1.82) is 0 Å². The summed E-state index contributed by atoms with van der Waals surface area (Å²) >= 11 is 0. The van der Waals surface area contributed by atoms with Crippen LogP contribution in [0.25, 0.3) is 0 Å². The van der Waals surface area contributed by atoms with Gasteiger partial charge in [-0.05, 0) is 54.3 Å². The van der Waals surface area contributed by atoms with Gasteiger partial charge in [-0.25, -0.2) is 4.79 Å². The molecular formula is C20H21NO5.